The molecule has 1 N–H and O–H groups in total. The number of carbonyl (C=O) groups is 1. The largest absolute Gasteiger partial charge is 0.469 e. The smallest absolute Gasteiger partial charge is 0.166 e. The Morgan fingerprint density at radius 1 is 1.26 bits per heavy atom. The van der Waals surface area contributed by atoms with Gasteiger partial charge in [-0.1, -0.05) is 27.2 Å². The summed E-state index contributed by atoms with van der Waals surface area (Å²) in [6.07, 6.45) is 6.42. The van der Waals surface area contributed by atoms with Gasteiger partial charge in [-0.15, -0.1) is 0 Å². The molecule has 1 aromatic rings. The van der Waals surface area contributed by atoms with Crippen LogP contribution in [0.25, 0.3) is 0 Å². The molecular formula is C20H28O3. The number of furan rings is 1. The Labute approximate surface area is 138 Å². The molecule has 3 aliphatic carbocycles. The number of aliphatic hydroxyl groups is 1. The molecule has 0 aliphatic heterocycles. The van der Waals surface area contributed by atoms with Crippen LogP contribution in [0.3, 0.4) is 0 Å². The van der Waals surface area contributed by atoms with E-state index in [9.17, 15) is 9.90 Å². The summed E-state index contributed by atoms with van der Waals surface area (Å²) in [5.74, 6) is 1.72. The number of ketones is 1. The first-order valence-corrected chi connectivity index (χ1v) is 9.05. The van der Waals surface area contributed by atoms with Gasteiger partial charge in [-0.2, -0.15) is 0 Å². The molecule has 3 unspecified atom stereocenters. The van der Waals surface area contributed by atoms with Crippen LogP contribution < -0.4 is 0 Å². The highest BCUT2D eigenvalue weighted by atomic mass is 16.3. The molecule has 5 atom stereocenters. The van der Waals surface area contributed by atoms with Gasteiger partial charge >= 0.3 is 0 Å². The number of hydrogen-bond acceptors (Lipinski definition) is 3. The molecule has 4 rings (SSSR count). The Hall–Kier alpha value is -1.09. The molecule has 0 aromatic carbocycles. The molecular weight excluding hydrogens is 288 g/mol. The average Bonchev–Trinajstić information content (AvgIpc) is 2.84. The summed E-state index contributed by atoms with van der Waals surface area (Å²) in [5, 5.41) is 11.0. The van der Waals surface area contributed by atoms with Gasteiger partial charge in [-0.3, -0.25) is 4.79 Å². The first-order valence-electron chi connectivity index (χ1n) is 9.05. The standard InChI is InChI=1S/C20H28O3/c1-11-17-12(10-23-11)18-13(8-14(17)21)20(4)7-5-6-19(2,3)16(20)9-15(18)22/h10,13,15-16,18,22H,5-9H2,1-4H3/t13?,15-,16?,18?,20+/m0/s1. The Bertz CT molecular complexity index is 656. The van der Waals surface area contributed by atoms with Gasteiger partial charge in [0, 0.05) is 17.9 Å². The third kappa shape index (κ3) is 1.95. The van der Waals surface area contributed by atoms with Crippen LogP contribution in [-0.4, -0.2) is 17.0 Å². The Morgan fingerprint density at radius 3 is 2.74 bits per heavy atom. The molecule has 1 aromatic heterocycles. The Kier molecular flexibility index (Phi) is 3.17. The van der Waals surface area contributed by atoms with Gasteiger partial charge in [0.15, 0.2) is 5.78 Å². The zero-order chi connectivity index (χ0) is 16.6. The lowest BCUT2D eigenvalue weighted by molar-refractivity contribution is -0.124. The molecule has 2 fully saturated rings. The van der Waals surface area contributed by atoms with E-state index in [0.29, 0.717) is 18.1 Å². The van der Waals surface area contributed by atoms with E-state index in [1.165, 1.54) is 19.3 Å². The summed E-state index contributed by atoms with van der Waals surface area (Å²) in [7, 11) is 0. The maximum atomic E-state index is 12.8. The fourth-order valence-corrected chi connectivity index (χ4v) is 6.43. The third-order valence-corrected chi connectivity index (χ3v) is 7.49. The fraction of sp³-hybridized carbons (Fsp3) is 0.750. The SMILES string of the molecule is Cc1occ2c1C(=O)CC1C2[C@@H](O)CC2C(C)(C)CCC[C@]12C. The number of carbonyl (C=O) groups excluding carboxylic acids is 1. The van der Waals surface area contributed by atoms with Gasteiger partial charge in [-0.25, -0.2) is 0 Å². The summed E-state index contributed by atoms with van der Waals surface area (Å²) < 4.78 is 5.56. The minimum Gasteiger partial charge on any atom is -0.469 e. The monoisotopic (exact) mass is 316 g/mol. The zero-order valence-corrected chi connectivity index (χ0v) is 14.7. The van der Waals surface area contributed by atoms with Crippen molar-refractivity contribution in [3.8, 4) is 0 Å². The summed E-state index contributed by atoms with van der Waals surface area (Å²) in [6, 6.07) is 0. The Morgan fingerprint density at radius 2 is 2.00 bits per heavy atom. The maximum absolute atomic E-state index is 12.8. The quantitative estimate of drug-likeness (QED) is 0.768. The van der Waals surface area contributed by atoms with E-state index in [1.54, 1.807) is 6.26 Å². The van der Waals surface area contributed by atoms with E-state index in [2.05, 4.69) is 20.8 Å². The van der Waals surface area contributed by atoms with Crippen molar-refractivity contribution in [1.29, 1.82) is 0 Å². The number of fused-ring (bicyclic) bond motifs is 5. The second-order valence-corrected chi connectivity index (χ2v) is 9.09. The van der Waals surface area contributed by atoms with Crippen LogP contribution in [0.5, 0.6) is 0 Å². The van der Waals surface area contributed by atoms with Gasteiger partial charge in [0.2, 0.25) is 0 Å². The van der Waals surface area contributed by atoms with E-state index in [4.69, 9.17) is 4.42 Å². The summed E-state index contributed by atoms with van der Waals surface area (Å²) >= 11 is 0. The number of rotatable bonds is 0. The Balaban J connectivity index is 1.83. The maximum Gasteiger partial charge on any atom is 0.166 e. The first kappa shape index (κ1) is 15.4. The highest BCUT2D eigenvalue weighted by molar-refractivity contribution is 6.00. The zero-order valence-electron chi connectivity index (χ0n) is 14.7. The average molecular weight is 316 g/mol. The van der Waals surface area contributed by atoms with Crippen molar-refractivity contribution in [2.75, 3.05) is 0 Å². The van der Waals surface area contributed by atoms with Gasteiger partial charge in [-0.05, 0) is 48.9 Å². The normalized spacial score (nSPS) is 41.9. The predicted molar refractivity (Wildman–Crippen MR) is 88.5 cm³/mol. The number of aryl methyl sites for hydroxylation is 1. The third-order valence-electron chi connectivity index (χ3n) is 7.49. The number of hydrogen-bond donors (Lipinski definition) is 1. The van der Waals surface area contributed by atoms with Crippen molar-refractivity contribution < 1.29 is 14.3 Å². The van der Waals surface area contributed by atoms with Crippen LogP contribution in [-0.2, 0) is 0 Å². The molecule has 0 saturated heterocycles. The van der Waals surface area contributed by atoms with E-state index in [-0.39, 0.29) is 34.6 Å². The van der Waals surface area contributed by atoms with Crippen molar-refractivity contribution in [2.45, 2.75) is 71.8 Å². The van der Waals surface area contributed by atoms with E-state index < -0.39 is 0 Å². The highest BCUT2D eigenvalue weighted by Gasteiger charge is 2.59. The predicted octanol–water partition coefficient (Wildman–Crippen LogP) is 4.47. The van der Waals surface area contributed by atoms with E-state index in [1.807, 2.05) is 6.92 Å². The molecule has 0 radical (unpaired) electrons. The van der Waals surface area contributed by atoms with Crippen molar-refractivity contribution in [2.24, 2.45) is 22.7 Å². The van der Waals surface area contributed by atoms with Gasteiger partial charge in [0.25, 0.3) is 0 Å². The second-order valence-electron chi connectivity index (χ2n) is 9.09. The molecule has 23 heavy (non-hydrogen) atoms. The summed E-state index contributed by atoms with van der Waals surface area (Å²) in [6.45, 7) is 8.94. The van der Waals surface area contributed by atoms with Crippen LogP contribution in [0.4, 0.5) is 0 Å². The van der Waals surface area contributed by atoms with Crippen molar-refractivity contribution in [3.05, 3.63) is 23.2 Å². The molecule has 0 amide bonds. The molecule has 126 valence electrons. The van der Waals surface area contributed by atoms with Crippen LogP contribution >= 0.6 is 0 Å². The topological polar surface area (TPSA) is 50.4 Å². The minimum absolute atomic E-state index is 0.0651. The van der Waals surface area contributed by atoms with Crippen LogP contribution in [0, 0.1) is 29.6 Å². The van der Waals surface area contributed by atoms with Gasteiger partial charge in [0.05, 0.1) is 17.9 Å². The number of aliphatic hydroxyl groups excluding tert-OH is 1. The molecule has 3 nitrogen and oxygen atoms in total. The highest BCUT2D eigenvalue weighted by Crippen LogP contribution is 2.65. The van der Waals surface area contributed by atoms with Crippen LogP contribution in [0.1, 0.15) is 80.5 Å². The van der Waals surface area contributed by atoms with Crippen molar-refractivity contribution in [3.63, 3.8) is 0 Å². The van der Waals surface area contributed by atoms with Gasteiger partial charge in [0.1, 0.15) is 5.76 Å². The molecule has 2 saturated carbocycles. The van der Waals surface area contributed by atoms with Crippen LogP contribution in [0.15, 0.2) is 10.7 Å². The lowest BCUT2D eigenvalue weighted by Crippen LogP contribution is -2.56. The van der Waals surface area contributed by atoms with Gasteiger partial charge < -0.3 is 9.52 Å². The molecule has 3 aliphatic rings. The van der Waals surface area contributed by atoms with Crippen molar-refractivity contribution in [1.82, 2.24) is 0 Å². The van der Waals surface area contributed by atoms with Crippen molar-refractivity contribution >= 4 is 5.78 Å². The summed E-state index contributed by atoms with van der Waals surface area (Å²) in [5.41, 5.74) is 2.11. The second kappa shape index (κ2) is 4.72. The lowest BCUT2D eigenvalue weighted by atomic mass is 9.44. The number of Topliss-reactive ketones (excluding diaryl/α,β-unsaturated/α-hetero) is 1. The molecule has 0 bridgehead atoms. The van der Waals surface area contributed by atoms with Crippen LogP contribution in [0.2, 0.25) is 0 Å². The summed E-state index contributed by atoms with van der Waals surface area (Å²) in [4.78, 5) is 12.8. The minimum atomic E-state index is -0.362. The molecule has 3 heteroatoms. The first-order chi connectivity index (χ1) is 10.8. The molecule has 1 heterocycles. The van der Waals surface area contributed by atoms with E-state index >= 15 is 0 Å². The molecule has 0 spiro atoms. The lowest BCUT2D eigenvalue weighted by Gasteiger charge is -2.61. The fourth-order valence-electron chi connectivity index (χ4n) is 6.43. The van der Waals surface area contributed by atoms with E-state index in [0.717, 1.165) is 17.5 Å².